The van der Waals surface area contributed by atoms with Gasteiger partial charge in [-0.2, -0.15) is 0 Å². The van der Waals surface area contributed by atoms with Gasteiger partial charge in [0.25, 0.3) is 5.92 Å². The number of piperazine rings is 1. The zero-order valence-electron chi connectivity index (χ0n) is 22.5. The van der Waals surface area contributed by atoms with Crippen LogP contribution in [0.15, 0.2) is 34.9 Å². The summed E-state index contributed by atoms with van der Waals surface area (Å²) in [5.74, 6) is -0.305. The highest BCUT2D eigenvalue weighted by Crippen LogP contribution is 2.32. The van der Waals surface area contributed by atoms with Crippen molar-refractivity contribution in [2.24, 2.45) is 0 Å². The molecule has 9 nitrogen and oxygen atoms in total. The van der Waals surface area contributed by atoms with Gasteiger partial charge in [-0.3, -0.25) is 4.90 Å². The van der Waals surface area contributed by atoms with Crippen LogP contribution in [-0.2, 0) is 0 Å². The van der Waals surface area contributed by atoms with Crippen molar-refractivity contribution in [1.29, 1.82) is 0 Å². The zero-order valence-corrected chi connectivity index (χ0v) is 22.5. The number of aryl methyl sites for hydroxylation is 2. The molecule has 1 aromatic carbocycles. The molecule has 1 aliphatic rings. The predicted octanol–water partition coefficient (Wildman–Crippen LogP) is 3.54. The Kier molecular flexibility index (Phi) is 8.59. The highest BCUT2D eigenvalue weighted by molar-refractivity contribution is 5.71. The number of aliphatic hydroxyl groups is 1. The number of aliphatic hydroxyl groups excluding tert-OH is 1. The number of benzene rings is 1. The van der Waals surface area contributed by atoms with Crippen LogP contribution in [0, 0.1) is 13.8 Å². The number of nitrogens with one attached hydrogen (secondary N) is 1. The van der Waals surface area contributed by atoms with E-state index in [1.807, 2.05) is 56.0 Å². The Balaban J connectivity index is 1.66. The lowest BCUT2D eigenvalue weighted by atomic mass is 10.1. The SMILES string of the molecule is CNCC(O)COc1cccc(-c2nc(-c3c(C)noc3C)cc(N3CCN(CC(C)(F)F)[C@H](C)C3)n2)c1. The van der Waals surface area contributed by atoms with E-state index < -0.39 is 12.0 Å². The minimum absolute atomic E-state index is 0.0729. The Morgan fingerprint density at radius 1 is 1.24 bits per heavy atom. The standard InChI is InChI=1S/C27H36F2N6O3/c1-17-14-34(9-10-35(17)16-27(4,28)29)24-12-23(25-18(2)33-38-19(25)3)31-26(32-24)20-7-6-8-22(11-20)37-15-21(36)13-30-5/h6-8,11-12,17,21,30,36H,9-10,13-16H2,1-5H3/t17-,21?/m1/s1. The summed E-state index contributed by atoms with van der Waals surface area (Å²) in [6, 6.07) is 9.24. The van der Waals surface area contributed by atoms with Crippen molar-refractivity contribution in [3.8, 4) is 28.4 Å². The maximum atomic E-state index is 13.7. The highest BCUT2D eigenvalue weighted by atomic mass is 19.3. The first kappa shape index (κ1) is 27.9. The van der Waals surface area contributed by atoms with Crippen LogP contribution < -0.4 is 15.0 Å². The minimum Gasteiger partial charge on any atom is -0.491 e. The third-order valence-electron chi connectivity index (χ3n) is 6.55. The van der Waals surface area contributed by atoms with Gasteiger partial charge >= 0.3 is 0 Å². The molecule has 3 aromatic rings. The quantitative estimate of drug-likeness (QED) is 0.408. The summed E-state index contributed by atoms with van der Waals surface area (Å²) >= 11 is 0. The van der Waals surface area contributed by atoms with E-state index in [1.54, 1.807) is 7.05 Å². The fraction of sp³-hybridized carbons (Fsp3) is 0.519. The second-order valence-corrected chi connectivity index (χ2v) is 10.0. The van der Waals surface area contributed by atoms with Gasteiger partial charge < -0.3 is 24.6 Å². The molecule has 2 aromatic heterocycles. The van der Waals surface area contributed by atoms with Gasteiger partial charge in [0, 0.05) is 50.8 Å². The van der Waals surface area contributed by atoms with Crippen LogP contribution in [0.5, 0.6) is 5.75 Å². The third-order valence-corrected chi connectivity index (χ3v) is 6.55. The molecule has 0 saturated carbocycles. The minimum atomic E-state index is -2.74. The number of ether oxygens (including phenoxy) is 1. The molecule has 0 radical (unpaired) electrons. The summed E-state index contributed by atoms with van der Waals surface area (Å²) < 4.78 is 38.5. The summed E-state index contributed by atoms with van der Waals surface area (Å²) in [6.45, 7) is 8.54. The van der Waals surface area contributed by atoms with Crippen LogP contribution in [0.25, 0.3) is 22.6 Å². The molecule has 11 heteroatoms. The normalized spacial score (nSPS) is 17.6. The lowest BCUT2D eigenvalue weighted by molar-refractivity contribution is -0.0262. The molecule has 2 N–H and O–H groups in total. The highest BCUT2D eigenvalue weighted by Gasteiger charge is 2.32. The molecule has 0 aliphatic carbocycles. The molecule has 38 heavy (non-hydrogen) atoms. The monoisotopic (exact) mass is 530 g/mol. The lowest BCUT2D eigenvalue weighted by Gasteiger charge is -2.41. The molecule has 0 amide bonds. The van der Waals surface area contributed by atoms with Crippen LogP contribution in [0.1, 0.15) is 25.3 Å². The van der Waals surface area contributed by atoms with Crippen molar-refractivity contribution in [2.75, 3.05) is 51.3 Å². The van der Waals surface area contributed by atoms with E-state index in [0.717, 1.165) is 23.7 Å². The summed E-state index contributed by atoms with van der Waals surface area (Å²) in [4.78, 5) is 13.7. The molecule has 1 saturated heterocycles. The summed E-state index contributed by atoms with van der Waals surface area (Å²) in [5, 5.41) is 17.0. The van der Waals surface area contributed by atoms with Crippen molar-refractivity contribution >= 4 is 5.82 Å². The number of hydrogen-bond donors (Lipinski definition) is 2. The second-order valence-electron chi connectivity index (χ2n) is 10.0. The Morgan fingerprint density at radius 3 is 2.68 bits per heavy atom. The molecule has 1 unspecified atom stereocenters. The van der Waals surface area contributed by atoms with Gasteiger partial charge in [-0.05, 0) is 40.0 Å². The maximum absolute atomic E-state index is 13.7. The van der Waals surface area contributed by atoms with Crippen LogP contribution in [0.4, 0.5) is 14.6 Å². The molecule has 1 fully saturated rings. The third kappa shape index (κ3) is 6.83. The Morgan fingerprint density at radius 2 is 2.03 bits per heavy atom. The zero-order chi connectivity index (χ0) is 27.4. The van der Waals surface area contributed by atoms with Crippen LogP contribution in [0.3, 0.4) is 0 Å². The molecular weight excluding hydrogens is 494 g/mol. The van der Waals surface area contributed by atoms with E-state index in [0.29, 0.717) is 55.0 Å². The Bertz CT molecular complexity index is 1210. The number of rotatable bonds is 10. The lowest BCUT2D eigenvalue weighted by Crippen LogP contribution is -2.54. The van der Waals surface area contributed by atoms with E-state index >= 15 is 0 Å². The number of nitrogens with zero attached hydrogens (tertiary/aromatic N) is 5. The average Bonchev–Trinajstić information content (AvgIpc) is 3.21. The van der Waals surface area contributed by atoms with Crippen molar-refractivity contribution in [1.82, 2.24) is 25.3 Å². The van der Waals surface area contributed by atoms with Gasteiger partial charge in [0.2, 0.25) is 0 Å². The molecule has 2 atom stereocenters. The number of hydrogen-bond acceptors (Lipinski definition) is 9. The Labute approximate surface area is 221 Å². The first-order valence-electron chi connectivity index (χ1n) is 12.8. The predicted molar refractivity (Wildman–Crippen MR) is 142 cm³/mol. The van der Waals surface area contributed by atoms with Crippen molar-refractivity contribution in [3.05, 3.63) is 41.8 Å². The number of likely N-dealkylation sites (N-methyl/N-ethyl adjacent to an activating group) is 1. The average molecular weight is 531 g/mol. The van der Waals surface area contributed by atoms with Gasteiger partial charge in [-0.1, -0.05) is 17.3 Å². The molecule has 0 bridgehead atoms. The van der Waals surface area contributed by atoms with E-state index in [4.69, 9.17) is 19.2 Å². The maximum Gasteiger partial charge on any atom is 0.257 e. The first-order valence-corrected chi connectivity index (χ1v) is 12.8. The number of halogens is 2. The first-order chi connectivity index (χ1) is 18.0. The fourth-order valence-electron chi connectivity index (χ4n) is 4.71. The van der Waals surface area contributed by atoms with Crippen LogP contribution >= 0.6 is 0 Å². The van der Waals surface area contributed by atoms with Gasteiger partial charge in [-0.15, -0.1) is 0 Å². The number of alkyl halides is 2. The molecule has 4 rings (SSSR count). The molecule has 3 heterocycles. The van der Waals surface area contributed by atoms with Gasteiger partial charge in [0.15, 0.2) is 5.82 Å². The topological polar surface area (TPSA) is 99.8 Å². The van der Waals surface area contributed by atoms with Gasteiger partial charge in [0.1, 0.15) is 30.0 Å². The molecule has 0 spiro atoms. The van der Waals surface area contributed by atoms with E-state index in [2.05, 4.69) is 15.4 Å². The van der Waals surface area contributed by atoms with E-state index in [-0.39, 0.29) is 19.2 Å². The van der Waals surface area contributed by atoms with E-state index in [1.165, 1.54) is 0 Å². The summed E-state index contributed by atoms with van der Waals surface area (Å²) in [7, 11) is 1.77. The van der Waals surface area contributed by atoms with E-state index in [9.17, 15) is 13.9 Å². The molecule has 1 aliphatic heterocycles. The van der Waals surface area contributed by atoms with Crippen LogP contribution in [-0.4, -0.2) is 89.6 Å². The molecule has 206 valence electrons. The fourth-order valence-corrected chi connectivity index (χ4v) is 4.71. The number of aromatic nitrogens is 3. The largest absolute Gasteiger partial charge is 0.491 e. The summed E-state index contributed by atoms with van der Waals surface area (Å²) in [5.41, 5.74) is 2.94. The molecular formula is C27H36F2N6O3. The van der Waals surface area contributed by atoms with Crippen LogP contribution in [0.2, 0.25) is 0 Å². The van der Waals surface area contributed by atoms with Crippen molar-refractivity contribution in [3.63, 3.8) is 0 Å². The van der Waals surface area contributed by atoms with Gasteiger partial charge in [0.05, 0.1) is 23.5 Å². The van der Waals surface area contributed by atoms with Gasteiger partial charge in [-0.25, -0.2) is 18.7 Å². The second kappa shape index (κ2) is 11.7. The van der Waals surface area contributed by atoms with Crippen molar-refractivity contribution in [2.45, 2.75) is 45.8 Å². The van der Waals surface area contributed by atoms with Crippen molar-refractivity contribution < 1.29 is 23.1 Å². The summed E-state index contributed by atoms with van der Waals surface area (Å²) in [6.07, 6.45) is -0.636. The Hall–Kier alpha value is -3.15. The number of anilines is 1. The smallest absolute Gasteiger partial charge is 0.257 e.